The average molecular weight is 334 g/mol. The van der Waals surface area contributed by atoms with Crippen LogP contribution < -0.4 is 9.88 Å². The van der Waals surface area contributed by atoms with E-state index in [0.717, 1.165) is 13.1 Å². The molecule has 1 atom stereocenters. The second-order valence-electron chi connectivity index (χ2n) is 7.74. The van der Waals surface area contributed by atoms with Gasteiger partial charge in [-0.05, 0) is 47.6 Å². The van der Waals surface area contributed by atoms with Crippen LogP contribution in [0.3, 0.4) is 0 Å². The first kappa shape index (κ1) is 16.2. The number of imidazole rings is 1. The van der Waals surface area contributed by atoms with Crippen molar-refractivity contribution in [1.29, 1.82) is 0 Å². The van der Waals surface area contributed by atoms with Crippen molar-refractivity contribution in [2.45, 2.75) is 52.0 Å². The zero-order valence-corrected chi connectivity index (χ0v) is 15.5. The Hall–Kier alpha value is -2.29. The summed E-state index contributed by atoms with van der Waals surface area (Å²) in [7, 11) is 0. The molecule has 3 aromatic rings. The van der Waals surface area contributed by atoms with Gasteiger partial charge in [-0.3, -0.25) is 0 Å². The molecule has 0 aliphatic carbocycles. The minimum absolute atomic E-state index is 0.499. The number of benzene rings is 1. The predicted molar refractivity (Wildman–Crippen MR) is 103 cm³/mol. The van der Waals surface area contributed by atoms with Crippen LogP contribution in [0.1, 0.15) is 55.7 Å². The molecule has 0 radical (unpaired) electrons. The number of nitrogens with one attached hydrogen (secondary N) is 1. The lowest BCUT2D eigenvalue weighted by Crippen LogP contribution is -2.33. The van der Waals surface area contributed by atoms with Crippen LogP contribution in [0.25, 0.3) is 5.52 Å². The summed E-state index contributed by atoms with van der Waals surface area (Å²) in [5, 5.41) is 3.50. The predicted octanol–water partition coefficient (Wildman–Crippen LogP) is 4.51. The van der Waals surface area contributed by atoms with Crippen LogP contribution in [-0.2, 0) is 13.0 Å². The number of rotatable bonds is 4. The van der Waals surface area contributed by atoms with E-state index in [-0.39, 0.29) is 0 Å². The lowest BCUT2D eigenvalue weighted by Gasteiger charge is -2.20. The number of hydrogen-bond acceptors (Lipinski definition) is 1. The van der Waals surface area contributed by atoms with Crippen molar-refractivity contribution in [2.24, 2.45) is 0 Å². The molecular weight excluding hydrogens is 306 g/mol. The molecule has 3 heteroatoms. The fraction of sp³-hybridized carbons (Fsp3) is 0.409. The maximum atomic E-state index is 3.50. The van der Waals surface area contributed by atoms with Crippen LogP contribution in [0.15, 0.2) is 49.1 Å². The third-order valence-corrected chi connectivity index (χ3v) is 5.39. The molecule has 130 valence electrons. The Kier molecular flexibility index (Phi) is 4.24. The molecule has 1 aliphatic heterocycles. The largest absolute Gasteiger partial charge is 0.385 e. The van der Waals surface area contributed by atoms with Crippen molar-refractivity contribution in [1.82, 2.24) is 4.40 Å². The average Bonchev–Trinajstić information content (AvgIpc) is 3.02. The number of pyridine rings is 1. The van der Waals surface area contributed by atoms with Crippen molar-refractivity contribution < 1.29 is 4.57 Å². The highest BCUT2D eigenvalue weighted by atomic mass is 15.1. The maximum absolute atomic E-state index is 3.50. The second kappa shape index (κ2) is 6.55. The lowest BCUT2D eigenvalue weighted by molar-refractivity contribution is -0.697. The van der Waals surface area contributed by atoms with Crippen molar-refractivity contribution in [3.8, 4) is 0 Å². The quantitative estimate of drug-likeness (QED) is 0.696. The summed E-state index contributed by atoms with van der Waals surface area (Å²) < 4.78 is 4.57. The summed E-state index contributed by atoms with van der Waals surface area (Å²) in [4.78, 5) is 0. The van der Waals surface area contributed by atoms with Crippen LogP contribution in [0.2, 0.25) is 0 Å². The first-order valence-electron chi connectivity index (χ1n) is 9.47. The molecule has 2 aromatic heterocycles. The fourth-order valence-corrected chi connectivity index (χ4v) is 3.78. The Morgan fingerprint density at radius 3 is 2.80 bits per heavy atom. The fourth-order valence-electron chi connectivity index (χ4n) is 3.78. The van der Waals surface area contributed by atoms with Crippen LogP contribution >= 0.6 is 0 Å². The third kappa shape index (κ3) is 3.28. The van der Waals surface area contributed by atoms with E-state index < -0.39 is 0 Å². The van der Waals surface area contributed by atoms with E-state index in [1.807, 2.05) is 0 Å². The molecule has 0 amide bonds. The highest BCUT2D eigenvalue weighted by molar-refractivity contribution is 5.54. The molecule has 3 nitrogen and oxygen atoms in total. The molecule has 1 aliphatic rings. The van der Waals surface area contributed by atoms with Gasteiger partial charge in [0, 0.05) is 18.2 Å². The van der Waals surface area contributed by atoms with Gasteiger partial charge in [-0.15, -0.1) is 0 Å². The molecule has 1 N–H and O–H groups in total. The van der Waals surface area contributed by atoms with Gasteiger partial charge in [-0.2, -0.15) is 0 Å². The number of aromatic nitrogens is 2. The molecule has 0 fully saturated rings. The molecule has 4 rings (SSSR count). The minimum Gasteiger partial charge on any atom is -0.385 e. The summed E-state index contributed by atoms with van der Waals surface area (Å²) in [6, 6.07) is 11.4. The number of aryl methyl sites for hydroxylation is 1. The summed E-state index contributed by atoms with van der Waals surface area (Å²) in [6.45, 7) is 8.92. The van der Waals surface area contributed by atoms with Crippen molar-refractivity contribution >= 4 is 11.2 Å². The monoisotopic (exact) mass is 334 g/mol. The van der Waals surface area contributed by atoms with Crippen molar-refractivity contribution in [3.63, 3.8) is 0 Å². The number of fused-ring (bicyclic) bond motifs is 2. The zero-order chi connectivity index (χ0) is 17.4. The summed E-state index contributed by atoms with van der Waals surface area (Å²) in [5.41, 5.74) is 6.87. The normalized spacial score (nSPS) is 15.2. The van der Waals surface area contributed by atoms with E-state index in [1.54, 1.807) is 0 Å². The Balaban J connectivity index is 1.56. The van der Waals surface area contributed by atoms with Gasteiger partial charge in [0.25, 0.3) is 0 Å². The maximum Gasteiger partial charge on any atom is 0.249 e. The molecule has 1 unspecified atom stereocenters. The number of hydrogen-bond donors (Lipinski definition) is 1. The molecule has 0 spiro atoms. The number of nitrogens with zero attached hydrogens (tertiary/aromatic N) is 2. The van der Waals surface area contributed by atoms with Gasteiger partial charge >= 0.3 is 0 Å². The van der Waals surface area contributed by atoms with E-state index in [0.29, 0.717) is 11.8 Å². The standard InChI is InChI=1S/C22H28N3/c1-16(2)20-6-8-21-14-24(15-25(21)13-20)12-17(3)18-7-9-22-19(11-18)5-4-10-23-22/h6-9,11,13-17,23H,4-5,10,12H2,1-3H3/q+1. The molecule has 0 bridgehead atoms. The first-order chi connectivity index (χ1) is 12.1. The van der Waals surface area contributed by atoms with Gasteiger partial charge in [0.15, 0.2) is 5.52 Å². The summed E-state index contributed by atoms with van der Waals surface area (Å²) in [5.74, 6) is 1.06. The van der Waals surface area contributed by atoms with Gasteiger partial charge in [0.05, 0.1) is 12.7 Å². The molecule has 25 heavy (non-hydrogen) atoms. The van der Waals surface area contributed by atoms with Gasteiger partial charge < -0.3 is 5.32 Å². The second-order valence-corrected chi connectivity index (χ2v) is 7.74. The van der Waals surface area contributed by atoms with E-state index in [2.05, 4.69) is 84.1 Å². The molecule has 1 aromatic carbocycles. The third-order valence-electron chi connectivity index (χ3n) is 5.39. The highest BCUT2D eigenvalue weighted by Crippen LogP contribution is 2.26. The van der Waals surface area contributed by atoms with Crippen LogP contribution in [-0.4, -0.2) is 10.9 Å². The van der Waals surface area contributed by atoms with E-state index in [4.69, 9.17) is 0 Å². The first-order valence-corrected chi connectivity index (χ1v) is 9.47. The molecule has 0 saturated carbocycles. The SMILES string of the molecule is CC(C)c1ccc2c[n+](CC(C)c3ccc4c(c3)CCCN4)cn2c1. The highest BCUT2D eigenvalue weighted by Gasteiger charge is 2.16. The lowest BCUT2D eigenvalue weighted by atomic mass is 9.94. The van der Waals surface area contributed by atoms with E-state index in [1.165, 1.54) is 40.7 Å². The Morgan fingerprint density at radius 1 is 1.12 bits per heavy atom. The topological polar surface area (TPSA) is 20.3 Å². The molecule has 3 heterocycles. The minimum atomic E-state index is 0.499. The van der Waals surface area contributed by atoms with Gasteiger partial charge in [0.1, 0.15) is 6.20 Å². The Morgan fingerprint density at radius 2 is 1.96 bits per heavy atom. The molecule has 0 saturated heterocycles. The van der Waals surface area contributed by atoms with E-state index in [9.17, 15) is 0 Å². The zero-order valence-electron chi connectivity index (χ0n) is 15.5. The van der Waals surface area contributed by atoms with Gasteiger partial charge in [-0.1, -0.05) is 39.0 Å². The van der Waals surface area contributed by atoms with E-state index >= 15 is 0 Å². The molecular formula is C22H28N3+. The Labute approximate surface area is 150 Å². The smallest absolute Gasteiger partial charge is 0.249 e. The summed E-state index contributed by atoms with van der Waals surface area (Å²) >= 11 is 0. The van der Waals surface area contributed by atoms with Gasteiger partial charge in [-0.25, -0.2) is 8.97 Å². The van der Waals surface area contributed by atoms with Crippen LogP contribution in [0, 0.1) is 0 Å². The Bertz CT molecular complexity index is 891. The number of anilines is 1. The van der Waals surface area contributed by atoms with Gasteiger partial charge in [0.2, 0.25) is 6.33 Å². The summed E-state index contributed by atoms with van der Waals surface area (Å²) in [6.07, 6.45) is 9.16. The van der Waals surface area contributed by atoms with Crippen LogP contribution in [0.4, 0.5) is 5.69 Å². The van der Waals surface area contributed by atoms with Crippen molar-refractivity contribution in [3.05, 3.63) is 65.7 Å². The van der Waals surface area contributed by atoms with Crippen LogP contribution in [0.5, 0.6) is 0 Å². The van der Waals surface area contributed by atoms with Crippen molar-refractivity contribution in [2.75, 3.05) is 11.9 Å².